The molecule has 0 amide bonds. The molecule has 0 bridgehead atoms. The Morgan fingerprint density at radius 2 is 1.81 bits per heavy atom. The minimum Gasteiger partial charge on any atom is -0.493 e. The average molecular weight is 352 g/mol. The number of carbonyl (C=O) groups excluding carboxylic acids is 1. The van der Waals surface area contributed by atoms with E-state index in [4.69, 9.17) is 0 Å². The fraction of sp³-hybridized carbons (Fsp3) is 0.429. The van der Waals surface area contributed by atoms with Crippen LogP contribution in [0.3, 0.4) is 0 Å². The van der Waals surface area contributed by atoms with Gasteiger partial charge < -0.3 is 10.2 Å². The minimum atomic E-state index is -0.617. The molecular weight excluding hydrogens is 328 g/mol. The molecule has 2 N–H and O–H groups in total. The molecule has 1 aliphatic heterocycles. The second-order valence-corrected chi connectivity index (χ2v) is 7.84. The van der Waals surface area contributed by atoms with Crippen LogP contribution in [0.2, 0.25) is 0 Å². The van der Waals surface area contributed by atoms with Crippen LogP contribution in [-0.2, 0) is 6.42 Å². The van der Waals surface area contributed by atoms with Crippen LogP contribution >= 0.6 is 0 Å². The lowest BCUT2D eigenvalue weighted by molar-refractivity contribution is 0.0355. The number of carbonyl (C=O) groups is 1. The van der Waals surface area contributed by atoms with E-state index >= 15 is 0 Å². The van der Waals surface area contributed by atoms with Crippen molar-refractivity contribution < 1.29 is 15.0 Å². The molecule has 2 heterocycles. The highest BCUT2D eigenvalue weighted by atomic mass is 16.3. The maximum Gasteiger partial charge on any atom is 0.210 e. The lowest BCUT2D eigenvalue weighted by Crippen LogP contribution is -2.34. The van der Waals surface area contributed by atoms with Crippen molar-refractivity contribution in [3.05, 3.63) is 59.8 Å². The molecule has 5 nitrogen and oxygen atoms in total. The molecule has 1 aromatic heterocycles. The summed E-state index contributed by atoms with van der Waals surface area (Å²) in [4.78, 5) is 18.3. The Hall–Kier alpha value is -2.24. The Morgan fingerprint density at radius 1 is 1.12 bits per heavy atom. The van der Waals surface area contributed by atoms with Crippen molar-refractivity contribution in [2.75, 3.05) is 19.6 Å². The number of pyridine rings is 1. The van der Waals surface area contributed by atoms with Crippen LogP contribution in [0.5, 0.6) is 5.88 Å². The number of benzene rings is 1. The summed E-state index contributed by atoms with van der Waals surface area (Å²) in [5, 5.41) is 20.2. The summed E-state index contributed by atoms with van der Waals surface area (Å²) in [7, 11) is 0. The topological polar surface area (TPSA) is 73.7 Å². The fourth-order valence-corrected chi connectivity index (χ4v) is 4.65. The largest absolute Gasteiger partial charge is 0.493 e. The predicted molar refractivity (Wildman–Crippen MR) is 98.0 cm³/mol. The average Bonchev–Trinajstić information content (AvgIpc) is 3.10. The molecular formula is C21H24N2O3. The van der Waals surface area contributed by atoms with E-state index in [2.05, 4.69) is 22.0 Å². The third kappa shape index (κ3) is 3.64. The van der Waals surface area contributed by atoms with Crippen molar-refractivity contribution in [2.24, 2.45) is 11.8 Å². The van der Waals surface area contributed by atoms with Gasteiger partial charge in [0.1, 0.15) is 0 Å². The number of fused-ring (bicyclic) bond motifs is 1. The summed E-state index contributed by atoms with van der Waals surface area (Å²) in [6, 6.07) is 13.2. The molecule has 2 fully saturated rings. The molecule has 1 saturated heterocycles. The summed E-state index contributed by atoms with van der Waals surface area (Å²) in [5.41, 5.74) is 1.09. The number of aliphatic hydroxyl groups is 1. The zero-order valence-corrected chi connectivity index (χ0v) is 14.7. The van der Waals surface area contributed by atoms with E-state index in [9.17, 15) is 15.0 Å². The molecule has 136 valence electrons. The third-order valence-corrected chi connectivity index (χ3v) is 5.75. The Labute approximate surface area is 153 Å². The van der Waals surface area contributed by atoms with E-state index in [-0.39, 0.29) is 11.7 Å². The summed E-state index contributed by atoms with van der Waals surface area (Å²) in [5.74, 6) is 0.857. The smallest absolute Gasteiger partial charge is 0.210 e. The second-order valence-electron chi connectivity index (χ2n) is 7.84. The van der Waals surface area contributed by atoms with Crippen LogP contribution in [-0.4, -0.2) is 51.1 Å². The van der Waals surface area contributed by atoms with Gasteiger partial charge >= 0.3 is 0 Å². The van der Waals surface area contributed by atoms with Gasteiger partial charge in [-0.1, -0.05) is 30.3 Å². The van der Waals surface area contributed by atoms with Gasteiger partial charge in [0.2, 0.25) is 5.88 Å². The number of likely N-dealkylation sites (tertiary alicyclic amines) is 1. The third-order valence-electron chi connectivity index (χ3n) is 5.75. The lowest BCUT2D eigenvalue weighted by atomic mass is 9.91. The maximum atomic E-state index is 12.4. The number of rotatable bonds is 5. The van der Waals surface area contributed by atoms with Gasteiger partial charge in [0.15, 0.2) is 5.78 Å². The standard InChI is InChI=1S/C21H24N2O3/c24-19(16-6-7-20(25)22-11-16)14-23-12-17-9-21(26,10-18(17)13-23)8-15-4-2-1-3-5-15/h1-7,11,17-18,26H,8-10,12-14H2,(H,22,25)/t17-,18+,21+. The van der Waals surface area contributed by atoms with Gasteiger partial charge in [-0.3, -0.25) is 9.69 Å². The van der Waals surface area contributed by atoms with Crippen molar-refractivity contribution in [1.29, 1.82) is 0 Å². The predicted octanol–water partition coefficient (Wildman–Crippen LogP) is 2.29. The van der Waals surface area contributed by atoms with E-state index in [1.165, 1.54) is 17.8 Å². The van der Waals surface area contributed by atoms with Gasteiger partial charge in [-0.25, -0.2) is 4.98 Å². The van der Waals surface area contributed by atoms with E-state index < -0.39 is 5.60 Å². The first-order chi connectivity index (χ1) is 12.5. The SMILES string of the molecule is O=C(CN1C[C@@H]2C[C@](O)(Cc3ccccc3)C[C@@H]2C1)c1ccc(O)nc1. The Kier molecular flexibility index (Phi) is 4.51. The number of ketones is 1. The Morgan fingerprint density at radius 3 is 2.42 bits per heavy atom. The quantitative estimate of drug-likeness (QED) is 0.808. The maximum absolute atomic E-state index is 12.4. The van der Waals surface area contributed by atoms with Crippen molar-refractivity contribution in [2.45, 2.75) is 24.9 Å². The summed E-state index contributed by atoms with van der Waals surface area (Å²) >= 11 is 0. The molecule has 5 heteroatoms. The molecule has 2 aromatic rings. The summed E-state index contributed by atoms with van der Waals surface area (Å²) < 4.78 is 0. The molecule has 0 unspecified atom stereocenters. The molecule has 0 spiro atoms. The van der Waals surface area contributed by atoms with Gasteiger partial charge in [0, 0.05) is 37.3 Å². The van der Waals surface area contributed by atoms with Crippen LogP contribution in [0.1, 0.15) is 28.8 Å². The molecule has 3 atom stereocenters. The second kappa shape index (κ2) is 6.82. The van der Waals surface area contributed by atoms with Gasteiger partial charge in [-0.2, -0.15) is 0 Å². The number of hydrogen-bond donors (Lipinski definition) is 2. The fourth-order valence-electron chi connectivity index (χ4n) is 4.65. The van der Waals surface area contributed by atoms with Crippen LogP contribution < -0.4 is 0 Å². The van der Waals surface area contributed by atoms with E-state index in [1.807, 2.05) is 18.2 Å². The molecule has 1 saturated carbocycles. The molecule has 2 aliphatic rings. The highest BCUT2D eigenvalue weighted by Crippen LogP contribution is 2.45. The van der Waals surface area contributed by atoms with Crippen LogP contribution in [0, 0.1) is 11.8 Å². The van der Waals surface area contributed by atoms with E-state index in [0.29, 0.717) is 30.4 Å². The molecule has 0 radical (unpaired) electrons. The minimum absolute atomic E-state index is 0.0250. The number of aromatic nitrogens is 1. The number of Topliss-reactive ketones (excluding diaryl/α,β-unsaturated/α-hetero) is 1. The van der Waals surface area contributed by atoms with Crippen LogP contribution in [0.4, 0.5) is 0 Å². The number of aromatic hydroxyl groups is 1. The van der Waals surface area contributed by atoms with Crippen molar-refractivity contribution in [3.63, 3.8) is 0 Å². The van der Waals surface area contributed by atoms with Crippen molar-refractivity contribution in [1.82, 2.24) is 9.88 Å². The molecule has 26 heavy (non-hydrogen) atoms. The molecule has 1 aromatic carbocycles. The summed E-state index contributed by atoms with van der Waals surface area (Å²) in [6.45, 7) is 2.09. The number of hydrogen-bond acceptors (Lipinski definition) is 5. The number of nitrogens with zero attached hydrogens (tertiary/aromatic N) is 2. The highest BCUT2D eigenvalue weighted by Gasteiger charge is 2.48. The van der Waals surface area contributed by atoms with Gasteiger partial charge in [-0.05, 0) is 36.3 Å². The van der Waals surface area contributed by atoms with Gasteiger partial charge in [0.05, 0.1) is 12.1 Å². The van der Waals surface area contributed by atoms with Gasteiger partial charge in [0.25, 0.3) is 0 Å². The normalized spacial score (nSPS) is 28.2. The zero-order chi connectivity index (χ0) is 18.1. The first-order valence-electron chi connectivity index (χ1n) is 9.18. The van der Waals surface area contributed by atoms with Crippen LogP contribution in [0.15, 0.2) is 48.7 Å². The first-order valence-corrected chi connectivity index (χ1v) is 9.18. The Balaban J connectivity index is 1.33. The van der Waals surface area contributed by atoms with Crippen LogP contribution in [0.25, 0.3) is 0 Å². The lowest BCUT2D eigenvalue weighted by Gasteiger charge is -2.26. The highest BCUT2D eigenvalue weighted by molar-refractivity contribution is 5.97. The molecule has 1 aliphatic carbocycles. The zero-order valence-electron chi connectivity index (χ0n) is 14.7. The van der Waals surface area contributed by atoms with Gasteiger partial charge in [-0.15, -0.1) is 0 Å². The monoisotopic (exact) mass is 352 g/mol. The first kappa shape index (κ1) is 17.2. The Bertz CT molecular complexity index is 762. The van der Waals surface area contributed by atoms with E-state index in [1.54, 1.807) is 6.07 Å². The van der Waals surface area contributed by atoms with Crippen molar-refractivity contribution in [3.8, 4) is 5.88 Å². The van der Waals surface area contributed by atoms with E-state index in [0.717, 1.165) is 25.9 Å². The summed E-state index contributed by atoms with van der Waals surface area (Å²) in [6.07, 6.45) is 3.74. The molecule has 4 rings (SSSR count). The van der Waals surface area contributed by atoms with Crippen molar-refractivity contribution >= 4 is 5.78 Å².